The molecule has 0 unspecified atom stereocenters. The number of amides is 2. The third-order valence-electron chi connectivity index (χ3n) is 3.00. The first-order valence-corrected chi connectivity index (χ1v) is 7.24. The van der Waals surface area contributed by atoms with Crippen molar-refractivity contribution in [2.45, 2.75) is 25.9 Å². The van der Waals surface area contributed by atoms with Gasteiger partial charge in [0.1, 0.15) is 6.61 Å². The number of thiazole rings is 1. The number of nitrogens with zero attached hydrogens (tertiary/aromatic N) is 2. The maximum Gasteiger partial charge on any atom is 0.329 e. The first-order chi connectivity index (χ1) is 9.54. The SMILES string of the molecule is Cc1csc(NC(=O)N2CCC(OCC(=O)O)CC2)n1. The van der Waals surface area contributed by atoms with Gasteiger partial charge >= 0.3 is 12.0 Å². The van der Waals surface area contributed by atoms with E-state index < -0.39 is 5.97 Å². The highest BCUT2D eigenvalue weighted by molar-refractivity contribution is 7.13. The van der Waals surface area contributed by atoms with Gasteiger partial charge in [-0.25, -0.2) is 14.6 Å². The summed E-state index contributed by atoms with van der Waals surface area (Å²) in [6.07, 6.45) is 1.21. The number of rotatable bonds is 4. The molecule has 20 heavy (non-hydrogen) atoms. The number of piperidine rings is 1. The summed E-state index contributed by atoms with van der Waals surface area (Å²) in [5.74, 6) is -0.968. The van der Waals surface area contributed by atoms with Gasteiger partial charge in [0.15, 0.2) is 5.13 Å². The lowest BCUT2D eigenvalue weighted by Gasteiger charge is -2.31. The van der Waals surface area contributed by atoms with Gasteiger partial charge in [0.05, 0.1) is 11.8 Å². The Kier molecular flexibility index (Phi) is 4.91. The fourth-order valence-corrected chi connectivity index (χ4v) is 2.67. The quantitative estimate of drug-likeness (QED) is 0.880. The number of hydrogen-bond acceptors (Lipinski definition) is 5. The second-order valence-electron chi connectivity index (χ2n) is 4.62. The van der Waals surface area contributed by atoms with Gasteiger partial charge in [-0.1, -0.05) is 0 Å². The maximum absolute atomic E-state index is 12.0. The van der Waals surface area contributed by atoms with E-state index in [-0.39, 0.29) is 18.7 Å². The van der Waals surface area contributed by atoms with Gasteiger partial charge in [0.2, 0.25) is 0 Å². The molecule has 1 saturated heterocycles. The number of carbonyl (C=O) groups is 2. The second-order valence-corrected chi connectivity index (χ2v) is 5.47. The van der Waals surface area contributed by atoms with Crippen LogP contribution in [0.5, 0.6) is 0 Å². The predicted molar refractivity (Wildman–Crippen MR) is 74.1 cm³/mol. The molecule has 0 atom stereocenters. The van der Waals surface area contributed by atoms with Crippen molar-refractivity contribution < 1.29 is 19.4 Å². The van der Waals surface area contributed by atoms with Crippen LogP contribution in [0.25, 0.3) is 0 Å². The van der Waals surface area contributed by atoms with Crippen LogP contribution < -0.4 is 5.32 Å². The Morgan fingerprint density at radius 1 is 1.55 bits per heavy atom. The van der Waals surface area contributed by atoms with E-state index in [4.69, 9.17) is 9.84 Å². The van der Waals surface area contributed by atoms with E-state index in [1.807, 2.05) is 12.3 Å². The third kappa shape index (κ3) is 4.17. The van der Waals surface area contributed by atoms with Crippen LogP contribution in [0.4, 0.5) is 9.93 Å². The van der Waals surface area contributed by atoms with Crippen molar-refractivity contribution >= 4 is 28.5 Å². The standard InChI is InChI=1S/C12H17N3O4S/c1-8-7-20-11(13-8)14-12(18)15-4-2-9(3-5-15)19-6-10(16)17/h7,9H,2-6H2,1H3,(H,16,17)(H,13,14,18). The summed E-state index contributed by atoms with van der Waals surface area (Å²) < 4.78 is 5.23. The normalized spacial score (nSPS) is 16.1. The number of likely N-dealkylation sites (tertiary alicyclic amines) is 1. The number of urea groups is 1. The highest BCUT2D eigenvalue weighted by atomic mass is 32.1. The molecule has 0 saturated carbocycles. The Balaban J connectivity index is 1.75. The Morgan fingerprint density at radius 2 is 2.25 bits per heavy atom. The number of carboxylic acids is 1. The molecule has 2 heterocycles. The van der Waals surface area contributed by atoms with Crippen LogP contribution in [0, 0.1) is 6.92 Å². The van der Waals surface area contributed by atoms with Gasteiger partial charge in [-0.05, 0) is 19.8 Å². The van der Waals surface area contributed by atoms with E-state index in [0.29, 0.717) is 31.1 Å². The second kappa shape index (κ2) is 6.67. The molecule has 0 radical (unpaired) electrons. The van der Waals surface area contributed by atoms with Gasteiger partial charge in [-0.15, -0.1) is 11.3 Å². The highest BCUT2D eigenvalue weighted by Crippen LogP contribution is 2.18. The van der Waals surface area contributed by atoms with Gasteiger partial charge in [-0.2, -0.15) is 0 Å². The van der Waals surface area contributed by atoms with Crippen molar-refractivity contribution in [3.63, 3.8) is 0 Å². The Morgan fingerprint density at radius 3 is 2.80 bits per heavy atom. The summed E-state index contributed by atoms with van der Waals surface area (Å²) in [7, 11) is 0. The van der Waals surface area contributed by atoms with Crippen LogP contribution in [0.2, 0.25) is 0 Å². The number of carbonyl (C=O) groups excluding carboxylic acids is 1. The minimum Gasteiger partial charge on any atom is -0.480 e. The number of aromatic nitrogens is 1. The zero-order chi connectivity index (χ0) is 14.5. The number of ether oxygens (including phenoxy) is 1. The molecule has 8 heteroatoms. The topological polar surface area (TPSA) is 91.8 Å². The Hall–Kier alpha value is -1.67. The molecule has 1 aliphatic rings. The minimum atomic E-state index is -0.968. The summed E-state index contributed by atoms with van der Waals surface area (Å²) in [6, 6.07) is -0.170. The molecule has 1 aliphatic heterocycles. The van der Waals surface area contributed by atoms with Crippen molar-refractivity contribution in [3.8, 4) is 0 Å². The number of nitrogens with one attached hydrogen (secondary N) is 1. The molecule has 2 amide bonds. The maximum atomic E-state index is 12.0. The molecule has 1 fully saturated rings. The summed E-state index contributed by atoms with van der Waals surface area (Å²) >= 11 is 1.39. The Bertz CT molecular complexity index is 483. The fraction of sp³-hybridized carbons (Fsp3) is 0.583. The molecular formula is C12H17N3O4S. The fourth-order valence-electron chi connectivity index (χ4n) is 2.00. The van der Waals surface area contributed by atoms with E-state index in [1.165, 1.54) is 11.3 Å². The van der Waals surface area contributed by atoms with Crippen molar-refractivity contribution in [1.29, 1.82) is 0 Å². The first kappa shape index (κ1) is 14.7. The number of hydrogen-bond donors (Lipinski definition) is 2. The van der Waals surface area contributed by atoms with Crippen molar-refractivity contribution in [1.82, 2.24) is 9.88 Å². The van der Waals surface area contributed by atoms with E-state index in [9.17, 15) is 9.59 Å². The van der Waals surface area contributed by atoms with Gasteiger partial charge < -0.3 is 14.7 Å². The monoisotopic (exact) mass is 299 g/mol. The average molecular weight is 299 g/mol. The van der Waals surface area contributed by atoms with E-state index in [1.54, 1.807) is 4.90 Å². The van der Waals surface area contributed by atoms with Crippen LogP contribution in [-0.2, 0) is 9.53 Å². The molecule has 2 N–H and O–H groups in total. The summed E-state index contributed by atoms with van der Waals surface area (Å²) in [4.78, 5) is 28.3. The lowest BCUT2D eigenvalue weighted by molar-refractivity contribution is -0.145. The smallest absolute Gasteiger partial charge is 0.329 e. The number of anilines is 1. The molecule has 1 aromatic rings. The van der Waals surface area contributed by atoms with Crippen LogP contribution in [0.1, 0.15) is 18.5 Å². The molecule has 2 rings (SSSR count). The molecular weight excluding hydrogens is 282 g/mol. The molecule has 0 aromatic carbocycles. The Labute approximate surface area is 120 Å². The lowest BCUT2D eigenvalue weighted by atomic mass is 10.1. The van der Waals surface area contributed by atoms with E-state index >= 15 is 0 Å². The zero-order valence-electron chi connectivity index (χ0n) is 11.2. The van der Waals surface area contributed by atoms with Crippen LogP contribution in [0.3, 0.4) is 0 Å². The third-order valence-corrected chi connectivity index (χ3v) is 3.88. The first-order valence-electron chi connectivity index (χ1n) is 6.36. The van der Waals surface area contributed by atoms with Crippen LogP contribution >= 0.6 is 11.3 Å². The van der Waals surface area contributed by atoms with Gasteiger partial charge in [0.25, 0.3) is 0 Å². The molecule has 0 spiro atoms. The van der Waals surface area contributed by atoms with Crippen LogP contribution in [-0.4, -0.2) is 52.8 Å². The summed E-state index contributed by atoms with van der Waals surface area (Å²) in [6.45, 7) is 2.70. The molecule has 0 bridgehead atoms. The average Bonchev–Trinajstić information content (AvgIpc) is 2.82. The van der Waals surface area contributed by atoms with E-state index in [2.05, 4.69) is 10.3 Å². The molecule has 0 aliphatic carbocycles. The minimum absolute atomic E-state index is 0.0859. The highest BCUT2D eigenvalue weighted by Gasteiger charge is 2.24. The number of carboxylic acid groups (broad SMARTS) is 1. The largest absolute Gasteiger partial charge is 0.480 e. The van der Waals surface area contributed by atoms with Crippen molar-refractivity contribution in [3.05, 3.63) is 11.1 Å². The van der Waals surface area contributed by atoms with Crippen LogP contribution in [0.15, 0.2) is 5.38 Å². The predicted octanol–water partition coefficient (Wildman–Crippen LogP) is 1.55. The summed E-state index contributed by atoms with van der Waals surface area (Å²) in [5.41, 5.74) is 0.881. The summed E-state index contributed by atoms with van der Waals surface area (Å²) in [5, 5.41) is 13.8. The lowest BCUT2D eigenvalue weighted by Crippen LogP contribution is -2.43. The molecule has 110 valence electrons. The number of aryl methyl sites for hydroxylation is 1. The van der Waals surface area contributed by atoms with Crippen molar-refractivity contribution in [2.24, 2.45) is 0 Å². The van der Waals surface area contributed by atoms with E-state index in [0.717, 1.165) is 5.69 Å². The van der Waals surface area contributed by atoms with Gasteiger partial charge in [0, 0.05) is 18.5 Å². The molecule has 7 nitrogen and oxygen atoms in total. The zero-order valence-corrected chi connectivity index (χ0v) is 12.0. The van der Waals surface area contributed by atoms with Gasteiger partial charge in [-0.3, -0.25) is 5.32 Å². The molecule has 1 aromatic heterocycles. The number of aliphatic carboxylic acids is 1. The van der Waals surface area contributed by atoms with Crippen molar-refractivity contribution in [2.75, 3.05) is 25.0 Å².